The van der Waals surface area contributed by atoms with Crippen LogP contribution in [-0.2, 0) is 14.3 Å². The lowest BCUT2D eigenvalue weighted by Gasteiger charge is -2.21. The number of hydrogen-bond donors (Lipinski definition) is 3. The smallest absolute Gasteiger partial charge is 0.408 e. The molecule has 1 heterocycles. The van der Waals surface area contributed by atoms with Crippen molar-refractivity contribution in [3.63, 3.8) is 0 Å². The summed E-state index contributed by atoms with van der Waals surface area (Å²) in [5.41, 5.74) is -0.256. The standard InChI is InChI=1S/C14H21N3O5/c1-8(16-13(20)22-14(2,3)4)11(18)17-9-6-7-15-10(9)12(19)21-5/h6-8,15H,1-5H3,(H,16,20)(H,17,18). The second-order valence-corrected chi connectivity index (χ2v) is 5.62. The number of hydrogen-bond acceptors (Lipinski definition) is 5. The van der Waals surface area contributed by atoms with E-state index in [1.54, 1.807) is 20.8 Å². The van der Waals surface area contributed by atoms with Crippen LogP contribution in [0.15, 0.2) is 12.3 Å². The van der Waals surface area contributed by atoms with Crippen LogP contribution in [-0.4, -0.2) is 41.7 Å². The molecule has 3 N–H and O–H groups in total. The zero-order chi connectivity index (χ0) is 16.9. The maximum absolute atomic E-state index is 12.0. The van der Waals surface area contributed by atoms with E-state index >= 15 is 0 Å². The average molecular weight is 311 g/mol. The van der Waals surface area contributed by atoms with Crippen LogP contribution in [0.1, 0.15) is 38.2 Å². The minimum atomic E-state index is -0.838. The van der Waals surface area contributed by atoms with Gasteiger partial charge in [-0.15, -0.1) is 0 Å². The van der Waals surface area contributed by atoms with E-state index in [9.17, 15) is 14.4 Å². The van der Waals surface area contributed by atoms with Gasteiger partial charge in [-0.05, 0) is 33.8 Å². The van der Waals surface area contributed by atoms with E-state index in [-0.39, 0.29) is 11.4 Å². The van der Waals surface area contributed by atoms with E-state index in [2.05, 4.69) is 20.4 Å². The van der Waals surface area contributed by atoms with Crippen LogP contribution in [0.3, 0.4) is 0 Å². The first-order valence-corrected chi connectivity index (χ1v) is 6.70. The van der Waals surface area contributed by atoms with Crippen molar-refractivity contribution in [2.45, 2.75) is 39.3 Å². The predicted molar refractivity (Wildman–Crippen MR) is 79.6 cm³/mol. The summed E-state index contributed by atoms with van der Waals surface area (Å²) >= 11 is 0. The van der Waals surface area contributed by atoms with E-state index in [1.807, 2.05) is 0 Å². The molecule has 1 aromatic heterocycles. The summed E-state index contributed by atoms with van der Waals surface area (Å²) in [6.07, 6.45) is 0.797. The normalized spacial score (nSPS) is 12.2. The molecule has 0 aliphatic heterocycles. The van der Waals surface area contributed by atoms with Crippen molar-refractivity contribution in [2.75, 3.05) is 12.4 Å². The number of aromatic amines is 1. The Labute approximate surface area is 128 Å². The maximum Gasteiger partial charge on any atom is 0.408 e. The summed E-state index contributed by atoms with van der Waals surface area (Å²) in [6, 6.07) is 0.680. The zero-order valence-corrected chi connectivity index (χ0v) is 13.3. The summed E-state index contributed by atoms with van der Waals surface area (Å²) < 4.78 is 9.65. The Balaban J connectivity index is 2.64. The lowest BCUT2D eigenvalue weighted by molar-refractivity contribution is -0.117. The fraction of sp³-hybridized carbons (Fsp3) is 0.500. The largest absolute Gasteiger partial charge is 0.464 e. The number of aromatic nitrogens is 1. The number of amides is 2. The van der Waals surface area contributed by atoms with Gasteiger partial charge in [0.25, 0.3) is 0 Å². The van der Waals surface area contributed by atoms with Gasteiger partial charge in [0.05, 0.1) is 12.8 Å². The summed E-state index contributed by atoms with van der Waals surface area (Å²) in [4.78, 5) is 37.8. The number of carbonyl (C=O) groups excluding carboxylic acids is 3. The third-order valence-electron chi connectivity index (χ3n) is 2.52. The van der Waals surface area contributed by atoms with Gasteiger partial charge in [-0.25, -0.2) is 9.59 Å². The van der Waals surface area contributed by atoms with Gasteiger partial charge in [-0.3, -0.25) is 4.79 Å². The van der Waals surface area contributed by atoms with Crippen LogP contribution in [0.25, 0.3) is 0 Å². The number of anilines is 1. The van der Waals surface area contributed by atoms with Crippen molar-refractivity contribution in [1.82, 2.24) is 10.3 Å². The highest BCUT2D eigenvalue weighted by Crippen LogP contribution is 2.15. The van der Waals surface area contributed by atoms with Crippen molar-refractivity contribution in [1.29, 1.82) is 0 Å². The number of ether oxygens (including phenoxy) is 2. The molecule has 1 atom stereocenters. The second-order valence-electron chi connectivity index (χ2n) is 5.62. The lowest BCUT2D eigenvalue weighted by atomic mass is 10.2. The number of carbonyl (C=O) groups is 3. The van der Waals surface area contributed by atoms with Gasteiger partial charge in [-0.2, -0.15) is 0 Å². The van der Waals surface area contributed by atoms with Gasteiger partial charge >= 0.3 is 12.1 Å². The fourth-order valence-electron chi connectivity index (χ4n) is 1.54. The fourth-order valence-corrected chi connectivity index (χ4v) is 1.54. The van der Waals surface area contributed by atoms with Crippen LogP contribution in [0.2, 0.25) is 0 Å². The number of H-pyrrole nitrogens is 1. The van der Waals surface area contributed by atoms with E-state index < -0.39 is 29.6 Å². The van der Waals surface area contributed by atoms with E-state index in [1.165, 1.54) is 26.3 Å². The number of esters is 1. The Hall–Kier alpha value is -2.51. The van der Waals surface area contributed by atoms with Crippen LogP contribution in [0, 0.1) is 0 Å². The highest BCUT2D eigenvalue weighted by atomic mass is 16.6. The summed E-state index contributed by atoms with van der Waals surface area (Å²) in [5.74, 6) is -1.09. The monoisotopic (exact) mass is 311 g/mol. The van der Waals surface area contributed by atoms with Gasteiger partial charge in [-0.1, -0.05) is 0 Å². The molecule has 0 fully saturated rings. The van der Waals surface area contributed by atoms with Gasteiger partial charge in [0.2, 0.25) is 5.91 Å². The molecule has 0 saturated carbocycles. The maximum atomic E-state index is 12.0. The van der Waals surface area contributed by atoms with E-state index in [4.69, 9.17) is 4.74 Å². The molecule has 1 unspecified atom stereocenters. The molecule has 8 heteroatoms. The highest BCUT2D eigenvalue weighted by molar-refractivity contribution is 6.02. The van der Waals surface area contributed by atoms with Gasteiger partial charge in [0, 0.05) is 6.20 Å². The Morgan fingerprint density at radius 1 is 1.27 bits per heavy atom. The zero-order valence-electron chi connectivity index (χ0n) is 13.3. The van der Waals surface area contributed by atoms with Crippen molar-refractivity contribution in [3.8, 4) is 0 Å². The molecular formula is C14H21N3O5. The Morgan fingerprint density at radius 2 is 1.91 bits per heavy atom. The van der Waals surface area contributed by atoms with Crippen LogP contribution < -0.4 is 10.6 Å². The number of rotatable bonds is 4. The highest BCUT2D eigenvalue weighted by Gasteiger charge is 2.22. The molecule has 1 aromatic rings. The Morgan fingerprint density at radius 3 is 2.45 bits per heavy atom. The molecule has 22 heavy (non-hydrogen) atoms. The molecule has 2 amide bonds. The number of alkyl carbamates (subject to hydrolysis) is 1. The van der Waals surface area contributed by atoms with Gasteiger partial charge in [0.15, 0.2) is 0 Å². The molecule has 0 saturated heterocycles. The summed E-state index contributed by atoms with van der Waals surface area (Å²) in [6.45, 7) is 6.67. The minimum Gasteiger partial charge on any atom is -0.464 e. The molecule has 0 aromatic carbocycles. The molecule has 0 bridgehead atoms. The van der Waals surface area contributed by atoms with Crippen molar-refractivity contribution in [3.05, 3.63) is 18.0 Å². The molecule has 0 radical (unpaired) electrons. The first-order chi connectivity index (χ1) is 10.1. The first kappa shape index (κ1) is 17.5. The Bertz CT molecular complexity index is 559. The molecule has 122 valence electrons. The number of nitrogens with one attached hydrogen (secondary N) is 3. The molecule has 8 nitrogen and oxygen atoms in total. The molecule has 0 aliphatic rings. The van der Waals surface area contributed by atoms with Crippen LogP contribution in [0.4, 0.5) is 10.5 Å². The molecular weight excluding hydrogens is 290 g/mol. The lowest BCUT2D eigenvalue weighted by Crippen LogP contribution is -2.44. The first-order valence-electron chi connectivity index (χ1n) is 6.70. The molecule has 1 rings (SSSR count). The van der Waals surface area contributed by atoms with Crippen LogP contribution in [0.5, 0.6) is 0 Å². The third-order valence-corrected chi connectivity index (χ3v) is 2.52. The van der Waals surface area contributed by atoms with Crippen molar-refractivity contribution in [2.24, 2.45) is 0 Å². The topological polar surface area (TPSA) is 110 Å². The molecule has 0 spiro atoms. The van der Waals surface area contributed by atoms with E-state index in [0.717, 1.165) is 0 Å². The van der Waals surface area contributed by atoms with Crippen LogP contribution >= 0.6 is 0 Å². The van der Waals surface area contributed by atoms with Crippen molar-refractivity contribution < 1.29 is 23.9 Å². The Kier molecular flexibility index (Phi) is 5.56. The predicted octanol–water partition coefficient (Wildman–Crippen LogP) is 1.65. The minimum absolute atomic E-state index is 0.125. The quantitative estimate of drug-likeness (QED) is 0.732. The SMILES string of the molecule is COC(=O)c1[nH]ccc1NC(=O)C(C)NC(=O)OC(C)(C)C. The van der Waals surface area contributed by atoms with E-state index in [0.29, 0.717) is 0 Å². The third kappa shape index (κ3) is 5.12. The molecule has 0 aliphatic carbocycles. The van der Waals surface area contributed by atoms with Gasteiger partial charge < -0.3 is 25.1 Å². The summed E-state index contributed by atoms with van der Waals surface area (Å²) in [5, 5.41) is 4.94. The second kappa shape index (κ2) is 6.97. The van der Waals surface area contributed by atoms with Crippen molar-refractivity contribution >= 4 is 23.7 Å². The average Bonchev–Trinajstić information content (AvgIpc) is 2.83. The van der Waals surface area contributed by atoms with Gasteiger partial charge in [0.1, 0.15) is 17.3 Å². The number of methoxy groups -OCH3 is 1. The summed E-state index contributed by atoms with van der Waals surface area (Å²) in [7, 11) is 1.24.